The second-order valence-electron chi connectivity index (χ2n) is 5.99. The average molecular weight is 303 g/mol. The summed E-state index contributed by atoms with van der Waals surface area (Å²) in [4.78, 5) is 30.6. The van der Waals surface area contributed by atoms with E-state index in [0.717, 1.165) is 38.8 Å². The molecule has 0 spiro atoms. The average Bonchev–Trinajstić information content (AvgIpc) is 2.55. The van der Waals surface area contributed by atoms with Crippen LogP contribution in [0.5, 0.6) is 0 Å². The largest absolute Gasteiger partial charge is 0.351 e. The van der Waals surface area contributed by atoms with Crippen molar-refractivity contribution in [3.8, 4) is 0 Å². The minimum atomic E-state index is -0.213. The predicted molar refractivity (Wildman–Crippen MR) is 85.8 cm³/mol. The van der Waals surface area contributed by atoms with E-state index in [1.807, 2.05) is 4.90 Å². The number of aromatic nitrogens is 1. The van der Waals surface area contributed by atoms with E-state index in [1.54, 1.807) is 18.2 Å². The number of amides is 2. The number of piperidine rings is 1. The van der Waals surface area contributed by atoms with Gasteiger partial charge in [-0.25, -0.2) is 4.98 Å². The van der Waals surface area contributed by atoms with Crippen LogP contribution in [0.1, 0.15) is 60.5 Å². The Bertz CT molecular complexity index is 522. The summed E-state index contributed by atoms with van der Waals surface area (Å²) in [7, 11) is 0. The highest BCUT2D eigenvalue weighted by molar-refractivity contribution is 5.96. The first-order valence-electron chi connectivity index (χ1n) is 8.16. The van der Waals surface area contributed by atoms with Crippen molar-refractivity contribution in [2.75, 3.05) is 19.6 Å². The van der Waals surface area contributed by atoms with Crippen LogP contribution in [-0.4, -0.2) is 41.3 Å². The minimum Gasteiger partial charge on any atom is -0.351 e. The molecule has 120 valence electrons. The molecule has 0 aliphatic carbocycles. The fourth-order valence-corrected chi connectivity index (χ4v) is 2.52. The van der Waals surface area contributed by atoms with E-state index in [9.17, 15) is 9.59 Å². The van der Waals surface area contributed by atoms with Gasteiger partial charge in [0, 0.05) is 19.6 Å². The summed E-state index contributed by atoms with van der Waals surface area (Å²) in [5.74, 6) is 0.387. The van der Waals surface area contributed by atoms with Crippen molar-refractivity contribution in [1.82, 2.24) is 15.2 Å². The first-order chi connectivity index (χ1) is 10.6. The summed E-state index contributed by atoms with van der Waals surface area (Å²) < 4.78 is 0. The Labute approximate surface area is 132 Å². The molecule has 2 amide bonds. The van der Waals surface area contributed by atoms with Gasteiger partial charge in [0.2, 0.25) is 0 Å². The molecule has 5 nitrogen and oxygen atoms in total. The molecule has 0 bridgehead atoms. The maximum Gasteiger partial charge on any atom is 0.272 e. The lowest BCUT2D eigenvalue weighted by molar-refractivity contribution is 0.0691. The fraction of sp³-hybridized carbons (Fsp3) is 0.588. The topological polar surface area (TPSA) is 62.3 Å². The van der Waals surface area contributed by atoms with E-state index in [1.165, 1.54) is 0 Å². The molecule has 0 unspecified atom stereocenters. The molecular formula is C17H25N3O2. The Balaban J connectivity index is 2.01. The molecule has 0 radical (unpaired) electrons. The maximum atomic E-state index is 12.5. The Morgan fingerprint density at radius 3 is 2.64 bits per heavy atom. The lowest BCUT2D eigenvalue weighted by Gasteiger charge is -2.30. The van der Waals surface area contributed by atoms with Gasteiger partial charge in [0.15, 0.2) is 0 Å². The molecule has 1 N–H and O–H groups in total. The second kappa shape index (κ2) is 7.92. The van der Waals surface area contributed by atoms with Crippen molar-refractivity contribution in [3.63, 3.8) is 0 Å². The van der Waals surface area contributed by atoms with E-state index in [0.29, 0.717) is 23.9 Å². The molecule has 0 saturated carbocycles. The molecule has 2 rings (SSSR count). The number of nitrogens with one attached hydrogen (secondary N) is 1. The number of hydrogen-bond acceptors (Lipinski definition) is 3. The molecule has 1 saturated heterocycles. The summed E-state index contributed by atoms with van der Waals surface area (Å²) in [6.07, 6.45) is 4.03. The number of unbranched alkanes of at least 4 members (excludes halogenated alkanes) is 1. The molecule has 22 heavy (non-hydrogen) atoms. The summed E-state index contributed by atoms with van der Waals surface area (Å²) in [5, 5.41) is 2.83. The highest BCUT2D eigenvalue weighted by Crippen LogP contribution is 2.17. The number of carbonyl (C=O) groups is 2. The quantitative estimate of drug-likeness (QED) is 0.850. The molecule has 1 aliphatic rings. The van der Waals surface area contributed by atoms with Crippen molar-refractivity contribution >= 4 is 11.8 Å². The maximum absolute atomic E-state index is 12.5. The van der Waals surface area contributed by atoms with E-state index in [-0.39, 0.29) is 11.8 Å². The summed E-state index contributed by atoms with van der Waals surface area (Å²) >= 11 is 0. The fourth-order valence-electron chi connectivity index (χ4n) is 2.52. The predicted octanol–water partition coefficient (Wildman–Crippen LogP) is 2.48. The Morgan fingerprint density at radius 1 is 1.27 bits per heavy atom. The first-order valence-corrected chi connectivity index (χ1v) is 8.16. The molecule has 2 heterocycles. The van der Waals surface area contributed by atoms with Gasteiger partial charge in [-0.1, -0.05) is 26.3 Å². The Hall–Kier alpha value is -1.91. The van der Waals surface area contributed by atoms with Gasteiger partial charge in [0.25, 0.3) is 11.8 Å². The van der Waals surface area contributed by atoms with Gasteiger partial charge in [-0.2, -0.15) is 0 Å². The number of rotatable bonds is 5. The second-order valence-corrected chi connectivity index (χ2v) is 5.99. The van der Waals surface area contributed by atoms with Crippen LogP contribution in [-0.2, 0) is 0 Å². The first kappa shape index (κ1) is 16.5. The van der Waals surface area contributed by atoms with Gasteiger partial charge in [-0.15, -0.1) is 0 Å². The summed E-state index contributed by atoms with van der Waals surface area (Å²) in [6.45, 7) is 6.47. The van der Waals surface area contributed by atoms with Gasteiger partial charge in [0.05, 0.1) is 0 Å². The molecule has 0 atom stereocenters. The smallest absolute Gasteiger partial charge is 0.272 e. The Morgan fingerprint density at radius 2 is 1.95 bits per heavy atom. The molecule has 1 aromatic rings. The van der Waals surface area contributed by atoms with E-state index >= 15 is 0 Å². The van der Waals surface area contributed by atoms with Crippen molar-refractivity contribution in [2.24, 2.45) is 5.92 Å². The zero-order valence-corrected chi connectivity index (χ0v) is 13.5. The zero-order valence-electron chi connectivity index (χ0n) is 13.5. The molecule has 1 fully saturated rings. The lowest BCUT2D eigenvalue weighted by atomic mass is 9.99. The number of carbonyl (C=O) groups excluding carboxylic acids is 2. The standard InChI is InChI=1S/C17H25N3O2/c1-3-4-10-18-16(21)14-6-5-7-15(19-14)17(22)20-11-8-13(2)9-12-20/h5-7,13H,3-4,8-12H2,1-2H3,(H,18,21). The normalized spacial score (nSPS) is 15.6. The monoisotopic (exact) mass is 303 g/mol. The zero-order chi connectivity index (χ0) is 15.9. The summed E-state index contributed by atoms with van der Waals surface area (Å²) in [5.41, 5.74) is 0.671. The molecule has 0 aromatic carbocycles. The molecule has 1 aromatic heterocycles. The van der Waals surface area contributed by atoms with Gasteiger partial charge >= 0.3 is 0 Å². The third-order valence-corrected chi connectivity index (χ3v) is 4.09. The van der Waals surface area contributed by atoms with Crippen LogP contribution in [0.25, 0.3) is 0 Å². The number of likely N-dealkylation sites (tertiary alicyclic amines) is 1. The van der Waals surface area contributed by atoms with Crippen LogP contribution in [0.2, 0.25) is 0 Å². The van der Waals surface area contributed by atoms with Crippen LogP contribution >= 0.6 is 0 Å². The van der Waals surface area contributed by atoms with Gasteiger partial charge in [0.1, 0.15) is 11.4 Å². The van der Waals surface area contributed by atoms with E-state index in [2.05, 4.69) is 24.1 Å². The number of pyridine rings is 1. The van der Waals surface area contributed by atoms with E-state index in [4.69, 9.17) is 0 Å². The van der Waals surface area contributed by atoms with Crippen molar-refractivity contribution in [1.29, 1.82) is 0 Å². The van der Waals surface area contributed by atoms with Crippen LogP contribution in [0.4, 0.5) is 0 Å². The Kier molecular flexibility index (Phi) is 5.92. The van der Waals surface area contributed by atoms with Gasteiger partial charge in [-0.05, 0) is 37.3 Å². The van der Waals surface area contributed by atoms with Crippen LogP contribution in [0.15, 0.2) is 18.2 Å². The third kappa shape index (κ3) is 4.29. The molecule has 5 heteroatoms. The van der Waals surface area contributed by atoms with Crippen LogP contribution < -0.4 is 5.32 Å². The van der Waals surface area contributed by atoms with E-state index < -0.39 is 0 Å². The number of nitrogens with zero attached hydrogens (tertiary/aromatic N) is 2. The van der Waals surface area contributed by atoms with Gasteiger partial charge < -0.3 is 10.2 Å². The number of hydrogen-bond donors (Lipinski definition) is 1. The van der Waals surface area contributed by atoms with Crippen molar-refractivity contribution < 1.29 is 9.59 Å². The molecular weight excluding hydrogens is 278 g/mol. The molecule has 1 aliphatic heterocycles. The minimum absolute atomic E-state index is 0.0740. The highest BCUT2D eigenvalue weighted by Gasteiger charge is 2.22. The van der Waals surface area contributed by atoms with Gasteiger partial charge in [-0.3, -0.25) is 9.59 Å². The highest BCUT2D eigenvalue weighted by atomic mass is 16.2. The van der Waals surface area contributed by atoms with Crippen molar-refractivity contribution in [3.05, 3.63) is 29.6 Å². The summed E-state index contributed by atoms with van der Waals surface area (Å²) in [6, 6.07) is 5.06. The SMILES string of the molecule is CCCCNC(=O)c1cccc(C(=O)N2CCC(C)CC2)n1. The van der Waals surface area contributed by atoms with Crippen LogP contribution in [0.3, 0.4) is 0 Å². The van der Waals surface area contributed by atoms with Crippen molar-refractivity contribution in [2.45, 2.75) is 39.5 Å². The van der Waals surface area contributed by atoms with Crippen LogP contribution in [0, 0.1) is 5.92 Å². The third-order valence-electron chi connectivity index (χ3n) is 4.09. The lowest BCUT2D eigenvalue weighted by Crippen LogP contribution is -2.38.